The van der Waals surface area contributed by atoms with Gasteiger partial charge in [0.2, 0.25) is 0 Å². The molecule has 0 atom stereocenters. The third kappa shape index (κ3) is 1.61. The molecule has 0 bridgehead atoms. The van der Waals surface area contributed by atoms with Crippen LogP contribution in [-0.4, -0.2) is 4.98 Å². The first kappa shape index (κ1) is 9.46. The fourth-order valence-electron chi connectivity index (χ4n) is 2.60. The van der Waals surface area contributed by atoms with Crippen LogP contribution in [0.3, 0.4) is 0 Å². The SMILES string of the molecule is Brc1cccc2[nH]c(C3CCCC3)cc12. The highest BCUT2D eigenvalue weighted by Gasteiger charge is 2.18. The van der Waals surface area contributed by atoms with Gasteiger partial charge in [-0.1, -0.05) is 34.8 Å². The highest BCUT2D eigenvalue weighted by Crippen LogP contribution is 2.36. The molecular formula is C13H14BrN. The molecule has 2 aromatic rings. The van der Waals surface area contributed by atoms with Crippen LogP contribution in [0.1, 0.15) is 37.3 Å². The zero-order valence-corrected chi connectivity index (χ0v) is 10.2. The van der Waals surface area contributed by atoms with Crippen molar-refractivity contribution in [1.82, 2.24) is 4.98 Å². The Morgan fingerprint density at radius 1 is 1.20 bits per heavy atom. The Balaban J connectivity index is 2.09. The highest BCUT2D eigenvalue weighted by atomic mass is 79.9. The van der Waals surface area contributed by atoms with Crippen molar-refractivity contribution in [1.29, 1.82) is 0 Å². The van der Waals surface area contributed by atoms with E-state index in [9.17, 15) is 0 Å². The Morgan fingerprint density at radius 2 is 2.00 bits per heavy atom. The molecule has 0 spiro atoms. The molecule has 15 heavy (non-hydrogen) atoms. The Labute approximate surface area is 98.0 Å². The van der Waals surface area contributed by atoms with Gasteiger partial charge in [0.15, 0.2) is 0 Å². The largest absolute Gasteiger partial charge is 0.358 e. The summed E-state index contributed by atoms with van der Waals surface area (Å²) in [4.78, 5) is 3.55. The molecule has 1 fully saturated rings. The lowest BCUT2D eigenvalue weighted by Gasteiger charge is -2.04. The summed E-state index contributed by atoms with van der Waals surface area (Å²) in [6.45, 7) is 0. The number of benzene rings is 1. The Bertz CT molecular complexity index is 480. The lowest BCUT2D eigenvalue weighted by Crippen LogP contribution is -1.90. The van der Waals surface area contributed by atoms with E-state index in [1.54, 1.807) is 0 Å². The monoisotopic (exact) mass is 263 g/mol. The molecule has 0 unspecified atom stereocenters. The number of aromatic amines is 1. The molecule has 0 radical (unpaired) electrons. The second kappa shape index (κ2) is 3.67. The molecule has 0 amide bonds. The first-order valence-corrected chi connectivity index (χ1v) is 6.41. The maximum atomic E-state index is 3.60. The number of aromatic nitrogens is 1. The van der Waals surface area contributed by atoms with Gasteiger partial charge in [0.25, 0.3) is 0 Å². The third-order valence-electron chi connectivity index (χ3n) is 3.43. The second-order valence-corrected chi connectivity index (χ2v) is 5.26. The Kier molecular flexibility index (Phi) is 2.32. The summed E-state index contributed by atoms with van der Waals surface area (Å²) >= 11 is 3.60. The number of H-pyrrole nitrogens is 1. The predicted octanol–water partition coefficient (Wildman–Crippen LogP) is 4.59. The van der Waals surface area contributed by atoms with Crippen molar-refractivity contribution in [3.63, 3.8) is 0 Å². The summed E-state index contributed by atoms with van der Waals surface area (Å²) in [5, 5.41) is 1.32. The van der Waals surface area contributed by atoms with E-state index < -0.39 is 0 Å². The number of halogens is 1. The van der Waals surface area contributed by atoms with Crippen LogP contribution in [-0.2, 0) is 0 Å². The molecule has 3 rings (SSSR count). The molecule has 1 aromatic heterocycles. The smallest absolute Gasteiger partial charge is 0.0467 e. The quantitative estimate of drug-likeness (QED) is 0.775. The van der Waals surface area contributed by atoms with E-state index in [2.05, 4.69) is 45.2 Å². The van der Waals surface area contributed by atoms with E-state index in [0.717, 1.165) is 5.92 Å². The van der Waals surface area contributed by atoms with Crippen LogP contribution in [0, 0.1) is 0 Å². The van der Waals surface area contributed by atoms with Crippen LogP contribution in [0.4, 0.5) is 0 Å². The lowest BCUT2D eigenvalue weighted by atomic mass is 10.0. The predicted molar refractivity (Wildman–Crippen MR) is 67.2 cm³/mol. The van der Waals surface area contributed by atoms with Crippen LogP contribution < -0.4 is 0 Å². The number of nitrogens with one attached hydrogen (secondary N) is 1. The topological polar surface area (TPSA) is 15.8 Å². The van der Waals surface area contributed by atoms with Crippen LogP contribution >= 0.6 is 15.9 Å². The first-order chi connectivity index (χ1) is 7.34. The van der Waals surface area contributed by atoms with Crippen LogP contribution in [0.25, 0.3) is 10.9 Å². The van der Waals surface area contributed by atoms with Crippen LogP contribution in [0.2, 0.25) is 0 Å². The molecule has 1 aromatic carbocycles. The average molecular weight is 264 g/mol. The van der Waals surface area contributed by atoms with Gasteiger partial charge in [-0.15, -0.1) is 0 Å². The van der Waals surface area contributed by atoms with E-state index in [1.807, 2.05) is 0 Å². The van der Waals surface area contributed by atoms with Gasteiger partial charge in [-0.3, -0.25) is 0 Å². The fourth-order valence-corrected chi connectivity index (χ4v) is 3.08. The summed E-state index contributed by atoms with van der Waals surface area (Å²) in [5.74, 6) is 0.768. The van der Waals surface area contributed by atoms with Gasteiger partial charge in [0.1, 0.15) is 0 Å². The van der Waals surface area contributed by atoms with Crippen LogP contribution in [0.5, 0.6) is 0 Å². The van der Waals surface area contributed by atoms with Crippen molar-refractivity contribution < 1.29 is 0 Å². The molecule has 1 aliphatic rings. The number of hydrogen-bond acceptors (Lipinski definition) is 0. The summed E-state index contributed by atoms with van der Waals surface area (Å²) in [5.41, 5.74) is 2.68. The molecule has 1 nitrogen and oxygen atoms in total. The van der Waals surface area contributed by atoms with Gasteiger partial charge in [-0.2, -0.15) is 0 Å². The number of hydrogen-bond donors (Lipinski definition) is 1. The van der Waals surface area contributed by atoms with Crippen molar-refractivity contribution in [3.8, 4) is 0 Å². The lowest BCUT2D eigenvalue weighted by molar-refractivity contribution is 0.705. The maximum Gasteiger partial charge on any atom is 0.0467 e. The van der Waals surface area contributed by atoms with Gasteiger partial charge in [0, 0.05) is 21.1 Å². The standard InChI is InChI=1S/C13H14BrN/c14-11-6-3-7-12-10(11)8-13(15-12)9-4-1-2-5-9/h3,6-9,15H,1-2,4-5H2. The van der Waals surface area contributed by atoms with Crippen LogP contribution in [0.15, 0.2) is 28.7 Å². The van der Waals surface area contributed by atoms with E-state index in [-0.39, 0.29) is 0 Å². The molecular weight excluding hydrogens is 250 g/mol. The molecule has 1 aliphatic carbocycles. The molecule has 78 valence electrons. The molecule has 2 heteroatoms. The zero-order valence-electron chi connectivity index (χ0n) is 8.59. The minimum atomic E-state index is 0.768. The first-order valence-electron chi connectivity index (χ1n) is 5.62. The molecule has 0 saturated heterocycles. The van der Waals surface area contributed by atoms with Crippen molar-refractivity contribution in [2.45, 2.75) is 31.6 Å². The number of fused-ring (bicyclic) bond motifs is 1. The van der Waals surface area contributed by atoms with E-state index >= 15 is 0 Å². The van der Waals surface area contributed by atoms with Crippen molar-refractivity contribution in [2.75, 3.05) is 0 Å². The zero-order chi connectivity index (χ0) is 10.3. The van der Waals surface area contributed by atoms with Gasteiger partial charge < -0.3 is 4.98 Å². The highest BCUT2D eigenvalue weighted by molar-refractivity contribution is 9.10. The molecule has 1 saturated carbocycles. The minimum Gasteiger partial charge on any atom is -0.358 e. The van der Waals surface area contributed by atoms with Gasteiger partial charge in [-0.05, 0) is 37.0 Å². The van der Waals surface area contributed by atoms with Gasteiger partial charge >= 0.3 is 0 Å². The molecule has 0 aliphatic heterocycles. The second-order valence-electron chi connectivity index (χ2n) is 4.41. The Morgan fingerprint density at radius 3 is 2.73 bits per heavy atom. The van der Waals surface area contributed by atoms with E-state index in [1.165, 1.54) is 46.8 Å². The summed E-state index contributed by atoms with van der Waals surface area (Å²) < 4.78 is 1.19. The average Bonchev–Trinajstić information content (AvgIpc) is 2.86. The minimum absolute atomic E-state index is 0.768. The summed E-state index contributed by atoms with van der Waals surface area (Å²) in [6, 6.07) is 8.66. The van der Waals surface area contributed by atoms with Gasteiger partial charge in [-0.25, -0.2) is 0 Å². The van der Waals surface area contributed by atoms with Crippen molar-refractivity contribution in [2.24, 2.45) is 0 Å². The summed E-state index contributed by atoms with van der Waals surface area (Å²) in [7, 11) is 0. The molecule has 1 N–H and O–H groups in total. The molecule has 1 heterocycles. The summed E-state index contributed by atoms with van der Waals surface area (Å²) in [6.07, 6.45) is 5.48. The Hall–Kier alpha value is -0.760. The van der Waals surface area contributed by atoms with Crippen molar-refractivity contribution in [3.05, 3.63) is 34.4 Å². The normalized spacial score (nSPS) is 17.7. The number of rotatable bonds is 1. The van der Waals surface area contributed by atoms with E-state index in [0.29, 0.717) is 0 Å². The maximum absolute atomic E-state index is 3.60. The fraction of sp³-hybridized carbons (Fsp3) is 0.385. The van der Waals surface area contributed by atoms with Gasteiger partial charge in [0.05, 0.1) is 0 Å². The van der Waals surface area contributed by atoms with E-state index in [4.69, 9.17) is 0 Å². The third-order valence-corrected chi connectivity index (χ3v) is 4.12. The van der Waals surface area contributed by atoms with Crippen molar-refractivity contribution >= 4 is 26.8 Å².